The molecule has 0 aromatic heterocycles. The van der Waals surface area contributed by atoms with E-state index in [1.165, 1.54) is 42.7 Å². The molecular formula is C29H27F3N4O5. The lowest BCUT2D eigenvalue weighted by Gasteiger charge is -2.19. The molecule has 0 aliphatic rings. The van der Waals surface area contributed by atoms with Gasteiger partial charge >= 0.3 is 6.18 Å². The van der Waals surface area contributed by atoms with E-state index >= 15 is 0 Å². The van der Waals surface area contributed by atoms with Crippen molar-refractivity contribution in [3.8, 4) is 11.8 Å². The Bertz CT molecular complexity index is 1430. The standard InChI is InChI=1S/C29H27F3N4O5/c1-18(37)26(28(40)36-41)35-27(39)21-12-8-19(9-13-21)6-7-20-10-14-23(15-11-20)34-25(38)17-33-16-22-4-2-3-5-24(22)29(30,31)32/h2-5,8-15,18,26,33,37,41H,16-17H2,1H3,(H,34,38)(H,35,39)(H,36,40). The Morgan fingerprint density at radius 3 is 2.05 bits per heavy atom. The number of halogens is 3. The van der Waals surface area contributed by atoms with E-state index in [4.69, 9.17) is 5.21 Å². The molecule has 3 aromatic carbocycles. The minimum absolute atomic E-state index is 0.0469. The molecular weight excluding hydrogens is 541 g/mol. The Balaban J connectivity index is 1.51. The van der Waals surface area contributed by atoms with Crippen molar-refractivity contribution in [2.24, 2.45) is 0 Å². The summed E-state index contributed by atoms with van der Waals surface area (Å²) in [7, 11) is 0. The molecule has 0 aliphatic heterocycles. The second-order valence-corrected chi connectivity index (χ2v) is 8.88. The van der Waals surface area contributed by atoms with E-state index in [1.807, 2.05) is 0 Å². The zero-order valence-electron chi connectivity index (χ0n) is 21.8. The minimum atomic E-state index is -4.48. The number of hydrogen-bond acceptors (Lipinski definition) is 6. The molecule has 12 heteroatoms. The van der Waals surface area contributed by atoms with Crippen LogP contribution in [0.25, 0.3) is 0 Å². The molecule has 3 amide bonds. The van der Waals surface area contributed by atoms with Gasteiger partial charge in [-0.25, -0.2) is 5.48 Å². The van der Waals surface area contributed by atoms with Crippen molar-refractivity contribution in [2.75, 3.05) is 11.9 Å². The number of carbonyl (C=O) groups excluding carboxylic acids is 3. The number of alkyl halides is 3. The fraction of sp³-hybridized carbons (Fsp3) is 0.207. The van der Waals surface area contributed by atoms with Gasteiger partial charge in [0, 0.05) is 28.9 Å². The monoisotopic (exact) mass is 568 g/mol. The van der Waals surface area contributed by atoms with Gasteiger partial charge in [0.1, 0.15) is 6.04 Å². The lowest BCUT2D eigenvalue weighted by atomic mass is 10.1. The molecule has 214 valence electrons. The Kier molecular flexibility index (Phi) is 10.6. The van der Waals surface area contributed by atoms with Crippen molar-refractivity contribution >= 4 is 23.4 Å². The third-order valence-electron chi connectivity index (χ3n) is 5.75. The highest BCUT2D eigenvalue weighted by atomic mass is 19.4. The van der Waals surface area contributed by atoms with Gasteiger partial charge in [-0.15, -0.1) is 0 Å². The third kappa shape index (κ3) is 9.18. The number of hydrogen-bond donors (Lipinski definition) is 6. The average Bonchev–Trinajstić information content (AvgIpc) is 2.95. The number of benzene rings is 3. The average molecular weight is 569 g/mol. The largest absolute Gasteiger partial charge is 0.416 e. The maximum atomic E-state index is 13.1. The number of carbonyl (C=O) groups is 3. The highest BCUT2D eigenvalue weighted by Gasteiger charge is 2.32. The van der Waals surface area contributed by atoms with Crippen LogP contribution in [-0.4, -0.2) is 46.7 Å². The number of aliphatic hydroxyl groups is 1. The van der Waals surface area contributed by atoms with E-state index in [2.05, 4.69) is 27.8 Å². The first kappa shape index (κ1) is 30.8. The quantitative estimate of drug-likeness (QED) is 0.133. The Labute approximate surface area is 233 Å². The van der Waals surface area contributed by atoms with E-state index in [9.17, 15) is 32.7 Å². The summed E-state index contributed by atoms with van der Waals surface area (Å²) in [6.45, 7) is 0.991. The first-order valence-corrected chi connectivity index (χ1v) is 12.3. The van der Waals surface area contributed by atoms with E-state index in [0.29, 0.717) is 16.8 Å². The van der Waals surface area contributed by atoms with Gasteiger partial charge in [-0.05, 0) is 67.1 Å². The number of rotatable bonds is 9. The Morgan fingerprint density at radius 2 is 1.49 bits per heavy atom. The molecule has 2 atom stereocenters. The summed E-state index contributed by atoms with van der Waals surface area (Å²) in [6.07, 6.45) is -5.71. The molecule has 0 saturated carbocycles. The number of amides is 3. The molecule has 41 heavy (non-hydrogen) atoms. The number of nitrogens with one attached hydrogen (secondary N) is 4. The van der Waals surface area contributed by atoms with Crippen LogP contribution in [0.3, 0.4) is 0 Å². The molecule has 0 spiro atoms. The normalized spacial score (nSPS) is 12.3. The minimum Gasteiger partial charge on any atom is -0.391 e. The molecule has 0 aliphatic carbocycles. The Hall–Kier alpha value is -4.70. The second kappa shape index (κ2) is 14.1. The van der Waals surface area contributed by atoms with Crippen molar-refractivity contribution in [3.63, 3.8) is 0 Å². The van der Waals surface area contributed by atoms with Crippen LogP contribution in [0.4, 0.5) is 18.9 Å². The highest BCUT2D eigenvalue weighted by Crippen LogP contribution is 2.31. The fourth-order valence-electron chi connectivity index (χ4n) is 3.65. The van der Waals surface area contributed by atoms with E-state index < -0.39 is 41.6 Å². The maximum absolute atomic E-state index is 13.1. The van der Waals surface area contributed by atoms with Crippen LogP contribution < -0.4 is 21.4 Å². The van der Waals surface area contributed by atoms with E-state index in [1.54, 1.807) is 36.4 Å². The maximum Gasteiger partial charge on any atom is 0.416 e. The van der Waals surface area contributed by atoms with Gasteiger partial charge in [0.05, 0.1) is 18.2 Å². The molecule has 0 heterocycles. The molecule has 2 unspecified atom stereocenters. The number of hydroxylamine groups is 1. The molecule has 0 fully saturated rings. The van der Waals surface area contributed by atoms with Crippen LogP contribution in [-0.2, 0) is 22.3 Å². The predicted molar refractivity (Wildman–Crippen MR) is 144 cm³/mol. The van der Waals surface area contributed by atoms with E-state index in [-0.39, 0.29) is 24.2 Å². The van der Waals surface area contributed by atoms with Crippen molar-refractivity contribution in [1.29, 1.82) is 0 Å². The zero-order valence-corrected chi connectivity index (χ0v) is 21.8. The van der Waals surface area contributed by atoms with Gasteiger partial charge in [-0.2, -0.15) is 13.2 Å². The summed E-state index contributed by atoms with van der Waals surface area (Å²) in [5.74, 6) is 3.88. The summed E-state index contributed by atoms with van der Waals surface area (Å²) in [5, 5.41) is 26.1. The summed E-state index contributed by atoms with van der Waals surface area (Å²) >= 11 is 0. The topological polar surface area (TPSA) is 140 Å². The lowest BCUT2D eigenvalue weighted by Crippen LogP contribution is -2.51. The molecule has 0 bridgehead atoms. The van der Waals surface area contributed by atoms with Crippen molar-refractivity contribution in [2.45, 2.75) is 31.8 Å². The molecule has 9 nitrogen and oxygen atoms in total. The summed E-state index contributed by atoms with van der Waals surface area (Å²) in [4.78, 5) is 36.1. The lowest BCUT2D eigenvalue weighted by molar-refractivity contribution is -0.138. The van der Waals surface area contributed by atoms with Crippen LogP contribution in [0, 0.1) is 11.8 Å². The summed E-state index contributed by atoms with van der Waals surface area (Å²) in [6, 6.07) is 16.6. The van der Waals surface area contributed by atoms with Gasteiger partial charge in [0.2, 0.25) is 5.91 Å². The van der Waals surface area contributed by atoms with Crippen LogP contribution in [0.5, 0.6) is 0 Å². The third-order valence-corrected chi connectivity index (χ3v) is 5.75. The smallest absolute Gasteiger partial charge is 0.391 e. The molecule has 3 rings (SSSR count). The van der Waals surface area contributed by atoms with Gasteiger partial charge in [-0.1, -0.05) is 30.0 Å². The van der Waals surface area contributed by atoms with Crippen LogP contribution >= 0.6 is 0 Å². The first-order chi connectivity index (χ1) is 19.5. The van der Waals surface area contributed by atoms with Gasteiger partial charge in [0.15, 0.2) is 0 Å². The molecule has 6 N–H and O–H groups in total. The highest BCUT2D eigenvalue weighted by molar-refractivity contribution is 5.97. The predicted octanol–water partition coefficient (Wildman–Crippen LogP) is 2.82. The van der Waals surface area contributed by atoms with Crippen LogP contribution in [0.15, 0.2) is 72.8 Å². The van der Waals surface area contributed by atoms with Crippen molar-refractivity contribution < 1.29 is 37.9 Å². The van der Waals surface area contributed by atoms with Gasteiger partial charge < -0.3 is 21.1 Å². The number of anilines is 1. The molecule has 0 saturated heterocycles. The molecule has 3 aromatic rings. The first-order valence-electron chi connectivity index (χ1n) is 12.3. The molecule has 0 radical (unpaired) electrons. The van der Waals surface area contributed by atoms with E-state index in [0.717, 1.165) is 6.07 Å². The summed E-state index contributed by atoms with van der Waals surface area (Å²) < 4.78 is 39.3. The summed E-state index contributed by atoms with van der Waals surface area (Å²) in [5.41, 5.74) is 2.62. The van der Waals surface area contributed by atoms with Gasteiger partial charge in [0.25, 0.3) is 11.8 Å². The van der Waals surface area contributed by atoms with Gasteiger partial charge in [-0.3, -0.25) is 19.6 Å². The number of aliphatic hydroxyl groups excluding tert-OH is 1. The fourth-order valence-corrected chi connectivity index (χ4v) is 3.65. The zero-order chi connectivity index (χ0) is 30.0. The van der Waals surface area contributed by atoms with Crippen LogP contribution in [0.1, 0.15) is 39.5 Å². The van der Waals surface area contributed by atoms with Crippen molar-refractivity contribution in [3.05, 3.63) is 101 Å². The Morgan fingerprint density at radius 1 is 0.902 bits per heavy atom. The van der Waals surface area contributed by atoms with Crippen LogP contribution in [0.2, 0.25) is 0 Å². The second-order valence-electron chi connectivity index (χ2n) is 8.88. The SMILES string of the molecule is CC(O)C(NC(=O)c1ccc(C#Cc2ccc(NC(=O)CNCc3ccccc3C(F)(F)F)cc2)cc1)C(=O)NO. The van der Waals surface area contributed by atoms with Crippen molar-refractivity contribution in [1.82, 2.24) is 16.1 Å².